The van der Waals surface area contributed by atoms with Gasteiger partial charge in [0.1, 0.15) is 23.1 Å². The van der Waals surface area contributed by atoms with Gasteiger partial charge in [-0.3, -0.25) is 28.3 Å². The topological polar surface area (TPSA) is 207 Å². The molecule has 0 unspecified atom stereocenters. The second-order valence-electron chi connectivity index (χ2n) is 25.2. The summed E-state index contributed by atoms with van der Waals surface area (Å²) >= 11 is 0. The van der Waals surface area contributed by atoms with Gasteiger partial charge in [-0.1, -0.05) is 336 Å². The van der Waals surface area contributed by atoms with Crippen LogP contribution < -0.4 is 10.6 Å². The van der Waals surface area contributed by atoms with E-state index in [4.69, 9.17) is 27.7 Å². The Balaban J connectivity index is -0.00000146. The van der Waals surface area contributed by atoms with E-state index in [1.54, 1.807) is 0 Å². The number of hydrogen-bond donors (Lipinski definition) is 6. The Hall–Kier alpha value is -1.61. The van der Waals surface area contributed by atoms with Crippen LogP contribution in [0.4, 0.5) is 0 Å². The highest BCUT2D eigenvalue weighted by Crippen LogP contribution is 2.20. The predicted molar refractivity (Wildman–Crippen MR) is 362 cm³/mol. The molecule has 6 N–H and O–H groups in total. The second-order valence-corrected chi connectivity index (χ2v) is 26.1. The van der Waals surface area contributed by atoms with E-state index in [1.165, 1.54) is 283 Å². The average molecular weight is 1230 g/mol. The fourth-order valence-corrected chi connectivity index (χ4v) is 11.4. The molecule has 0 heterocycles. The number of nitrogens with one attached hydrogen (secondary N) is 2. The van der Waals surface area contributed by atoms with Gasteiger partial charge in [0.15, 0.2) is 0 Å². The molecule has 0 rings (SSSR count). The van der Waals surface area contributed by atoms with Gasteiger partial charge in [-0.2, -0.15) is 8.42 Å². The van der Waals surface area contributed by atoms with E-state index in [2.05, 4.69) is 38.3 Å². The van der Waals surface area contributed by atoms with Crippen LogP contribution in [0.15, 0.2) is 0 Å². The highest BCUT2D eigenvalue weighted by atomic mass is 32.3. The monoisotopic (exact) mass is 1230 g/mol. The molecule has 508 valence electrons. The summed E-state index contributed by atoms with van der Waals surface area (Å²) in [4.78, 5) is 51.6. The maximum absolute atomic E-state index is 12.9. The third kappa shape index (κ3) is 74.8. The maximum atomic E-state index is 12.9. The fraction of sp³-hybridized carbons (Fsp3) is 0.944. The second kappa shape index (κ2) is 73.1. The molecule has 0 aromatic rings. The Morgan fingerprint density at radius 3 is 0.529 bits per heavy atom. The van der Waals surface area contributed by atoms with Crippen LogP contribution in [-0.2, 0) is 29.6 Å². The third-order valence-corrected chi connectivity index (χ3v) is 16.9. The van der Waals surface area contributed by atoms with Crippen molar-refractivity contribution in [3.8, 4) is 0 Å². The first kappa shape index (κ1) is 87.6. The Kier molecular flexibility index (Phi) is 75.4. The van der Waals surface area contributed by atoms with E-state index in [0.717, 1.165) is 51.4 Å². The largest absolute Gasteiger partial charge is 0.395 e. The van der Waals surface area contributed by atoms with Crippen LogP contribution in [-0.4, -0.2) is 90.3 Å². The molecule has 0 aliphatic rings. The number of rotatable bonds is 68. The standard InChI is InChI=1S/2C36H71NO3.H2O4S/c2*1-3-5-7-9-11-13-15-17-19-21-23-25-27-29-35(39)34(33-37-31-32-38)36(40)30-28-26-24-22-20-18-16-14-12-10-8-6-4-2;1-5(2,3)4/h2*34,37-38H,3-33H2,1-2H3;(H2,1,2,3,4). The molecule has 0 saturated heterocycles. The molecule has 0 spiro atoms. The van der Waals surface area contributed by atoms with Crippen LogP contribution >= 0.6 is 0 Å². The Morgan fingerprint density at radius 2 is 0.400 bits per heavy atom. The van der Waals surface area contributed by atoms with E-state index < -0.39 is 22.2 Å². The van der Waals surface area contributed by atoms with Crippen LogP contribution in [0, 0.1) is 11.8 Å². The minimum absolute atomic E-state index is 0.0345. The van der Waals surface area contributed by atoms with Crippen molar-refractivity contribution >= 4 is 33.5 Å². The van der Waals surface area contributed by atoms with E-state index >= 15 is 0 Å². The molecule has 13 heteroatoms. The third-order valence-electron chi connectivity index (χ3n) is 16.9. The molecule has 0 radical (unpaired) electrons. The molecule has 0 fully saturated rings. The smallest absolute Gasteiger partial charge is 0.394 e. The Morgan fingerprint density at radius 1 is 0.271 bits per heavy atom. The van der Waals surface area contributed by atoms with Crippen LogP contribution in [0.1, 0.15) is 387 Å². The van der Waals surface area contributed by atoms with Crippen molar-refractivity contribution in [1.29, 1.82) is 0 Å². The number of aliphatic hydroxyl groups is 2. The van der Waals surface area contributed by atoms with E-state index in [1.807, 2.05) is 0 Å². The minimum atomic E-state index is -4.67. The number of hydrogen-bond acceptors (Lipinski definition) is 10. The first-order valence-corrected chi connectivity index (χ1v) is 38.2. The van der Waals surface area contributed by atoms with Crippen molar-refractivity contribution in [1.82, 2.24) is 10.6 Å². The summed E-state index contributed by atoms with van der Waals surface area (Å²) in [7, 11) is -4.67. The number of carbonyl (C=O) groups excluding carboxylic acids is 4. The van der Waals surface area contributed by atoms with Crippen LogP contribution in [0.25, 0.3) is 0 Å². The normalized spacial score (nSPS) is 11.5. The van der Waals surface area contributed by atoms with Crippen molar-refractivity contribution < 1.29 is 46.9 Å². The molecular formula is C72H144N2O10S. The summed E-state index contributed by atoms with van der Waals surface area (Å²) in [5.41, 5.74) is 0. The van der Waals surface area contributed by atoms with Crippen molar-refractivity contribution in [2.45, 2.75) is 387 Å². The van der Waals surface area contributed by atoms with Crippen LogP contribution in [0.2, 0.25) is 0 Å². The molecule has 0 aliphatic heterocycles. The summed E-state index contributed by atoms with van der Waals surface area (Å²) in [5, 5.41) is 24.4. The molecule has 0 saturated carbocycles. The maximum Gasteiger partial charge on any atom is 0.394 e. The SMILES string of the molecule is CCCCCCCCCCCCCCCC(=O)C(CNCCO)C(=O)CCCCCCCCCCCCCCC.CCCCCCCCCCCCCCCC(=O)C(CNCCO)C(=O)CCCCCCCCCCCCCCC.O=S(=O)(O)O. The summed E-state index contributed by atoms with van der Waals surface area (Å²) in [6.45, 7) is 10.8. The molecule has 0 amide bonds. The lowest BCUT2D eigenvalue weighted by Gasteiger charge is -2.15. The van der Waals surface area contributed by atoms with Crippen LogP contribution in [0.3, 0.4) is 0 Å². The fourth-order valence-electron chi connectivity index (χ4n) is 11.4. The summed E-state index contributed by atoms with van der Waals surface area (Å²) in [5.74, 6) is -0.634. The van der Waals surface area contributed by atoms with E-state index in [0.29, 0.717) is 51.9 Å². The van der Waals surface area contributed by atoms with Gasteiger partial charge in [-0.25, -0.2) is 0 Å². The van der Waals surface area contributed by atoms with Gasteiger partial charge >= 0.3 is 10.4 Å². The minimum Gasteiger partial charge on any atom is -0.395 e. The molecule has 85 heavy (non-hydrogen) atoms. The van der Waals surface area contributed by atoms with Crippen molar-refractivity contribution in [2.75, 3.05) is 39.4 Å². The number of Topliss-reactive ketones (excluding diaryl/α,β-unsaturated/α-hetero) is 4. The van der Waals surface area contributed by atoms with Gasteiger partial charge in [-0.15, -0.1) is 0 Å². The zero-order valence-corrected chi connectivity index (χ0v) is 57.5. The van der Waals surface area contributed by atoms with Gasteiger partial charge in [0.2, 0.25) is 0 Å². The zero-order valence-electron chi connectivity index (χ0n) is 56.6. The summed E-state index contributed by atoms with van der Waals surface area (Å²) in [6.07, 6.45) is 69.2. The van der Waals surface area contributed by atoms with Gasteiger partial charge in [0.05, 0.1) is 25.0 Å². The van der Waals surface area contributed by atoms with Crippen LogP contribution in [0.5, 0.6) is 0 Å². The molecular weight excluding hydrogens is 1080 g/mol. The Bertz CT molecular complexity index is 1310. The van der Waals surface area contributed by atoms with E-state index in [9.17, 15) is 19.2 Å². The number of aliphatic hydroxyl groups excluding tert-OH is 2. The Labute approximate surface area is 527 Å². The lowest BCUT2D eigenvalue weighted by Crippen LogP contribution is -2.35. The zero-order chi connectivity index (χ0) is 63.2. The van der Waals surface area contributed by atoms with Crippen molar-refractivity contribution in [2.24, 2.45) is 11.8 Å². The first-order valence-electron chi connectivity index (χ1n) is 36.8. The predicted octanol–water partition coefficient (Wildman–Crippen LogP) is 19.9. The molecule has 12 nitrogen and oxygen atoms in total. The quantitative estimate of drug-likeness (QED) is 0.0191. The van der Waals surface area contributed by atoms with Gasteiger partial charge in [0, 0.05) is 51.9 Å². The summed E-state index contributed by atoms with van der Waals surface area (Å²) in [6, 6.07) is 0. The molecule has 0 aliphatic carbocycles. The number of carbonyl (C=O) groups is 4. The van der Waals surface area contributed by atoms with Gasteiger partial charge < -0.3 is 20.8 Å². The molecule has 0 aromatic heterocycles. The number of ketones is 4. The summed E-state index contributed by atoms with van der Waals surface area (Å²) < 4.78 is 31.6. The van der Waals surface area contributed by atoms with Gasteiger partial charge in [0.25, 0.3) is 0 Å². The average Bonchev–Trinajstić information content (AvgIpc) is 3.66. The van der Waals surface area contributed by atoms with Crippen molar-refractivity contribution in [3.05, 3.63) is 0 Å². The molecule has 0 atom stereocenters. The van der Waals surface area contributed by atoms with Gasteiger partial charge in [-0.05, 0) is 25.7 Å². The van der Waals surface area contributed by atoms with E-state index in [-0.39, 0.29) is 36.3 Å². The first-order chi connectivity index (χ1) is 41.3. The van der Waals surface area contributed by atoms with Crippen molar-refractivity contribution in [3.63, 3.8) is 0 Å². The highest BCUT2D eigenvalue weighted by Gasteiger charge is 2.26. The lowest BCUT2D eigenvalue weighted by molar-refractivity contribution is -0.134. The lowest BCUT2D eigenvalue weighted by atomic mass is 9.91. The number of unbranched alkanes of at least 4 members (excludes halogenated alkanes) is 48. The molecule has 0 aromatic carbocycles. The highest BCUT2D eigenvalue weighted by molar-refractivity contribution is 7.79. The molecule has 0 bridgehead atoms.